The third-order valence-corrected chi connectivity index (χ3v) is 6.60. The van der Waals surface area contributed by atoms with E-state index < -0.39 is 5.91 Å². The molecule has 1 amide bonds. The van der Waals surface area contributed by atoms with Gasteiger partial charge in [-0.1, -0.05) is 46.9 Å². The second-order valence-electron chi connectivity index (χ2n) is 6.85. The molecule has 0 saturated carbocycles. The highest BCUT2D eigenvalue weighted by Crippen LogP contribution is 2.30. The minimum Gasteiger partial charge on any atom is -0.457 e. The van der Waals surface area contributed by atoms with E-state index in [-0.39, 0.29) is 5.57 Å². The molecule has 0 aliphatic rings. The van der Waals surface area contributed by atoms with Crippen LogP contribution in [0.1, 0.15) is 16.2 Å². The van der Waals surface area contributed by atoms with Crippen molar-refractivity contribution in [1.29, 1.82) is 5.26 Å². The molecule has 5 nitrogen and oxygen atoms in total. The van der Waals surface area contributed by atoms with Crippen LogP contribution in [0.3, 0.4) is 0 Å². The van der Waals surface area contributed by atoms with Crippen molar-refractivity contribution in [3.8, 4) is 17.4 Å². The molecule has 4 rings (SSSR count). The van der Waals surface area contributed by atoms with Gasteiger partial charge in [-0.3, -0.25) is 10.1 Å². The molecule has 164 valence electrons. The molecule has 0 saturated heterocycles. The fourth-order valence-corrected chi connectivity index (χ4v) is 4.32. The van der Waals surface area contributed by atoms with Crippen LogP contribution in [0.25, 0.3) is 17.4 Å². The molecule has 4 aromatic rings. The van der Waals surface area contributed by atoms with Crippen LogP contribution in [0.2, 0.25) is 15.1 Å². The Morgan fingerprint density at radius 2 is 1.91 bits per heavy atom. The number of anilines is 1. The predicted octanol–water partition coefficient (Wildman–Crippen LogP) is 7.50. The maximum Gasteiger partial charge on any atom is 0.268 e. The van der Waals surface area contributed by atoms with E-state index in [1.54, 1.807) is 36.5 Å². The molecule has 2 heterocycles. The monoisotopic (exact) mass is 513 g/mol. The first-order valence-electron chi connectivity index (χ1n) is 9.59. The van der Waals surface area contributed by atoms with Crippen LogP contribution in [0.15, 0.2) is 70.8 Å². The van der Waals surface area contributed by atoms with Gasteiger partial charge in [0, 0.05) is 34.2 Å². The highest BCUT2D eigenvalue weighted by molar-refractivity contribution is 7.15. The maximum atomic E-state index is 12.6. The largest absolute Gasteiger partial charge is 0.457 e. The van der Waals surface area contributed by atoms with Gasteiger partial charge in [-0.15, -0.1) is 11.3 Å². The fourth-order valence-electron chi connectivity index (χ4n) is 2.97. The minimum absolute atomic E-state index is 0.110. The molecule has 0 spiro atoms. The zero-order chi connectivity index (χ0) is 23.4. The van der Waals surface area contributed by atoms with E-state index >= 15 is 0 Å². The Balaban J connectivity index is 1.45. The molecule has 33 heavy (non-hydrogen) atoms. The Bertz CT molecular complexity index is 1380. The number of carbonyl (C=O) groups is 1. The standard InChI is InChI=1S/C24H14Cl3N3O2S/c25-17-6-4-14(5-7-17)21-9-8-18(32-21)10-16(12-28)23(31)30-24-29-13-19(33-24)11-15-2-1-3-20(26)22(15)27/h1-10,13H,11H2,(H,29,30,31). The van der Waals surface area contributed by atoms with Crippen molar-refractivity contribution in [2.24, 2.45) is 0 Å². The van der Waals surface area contributed by atoms with E-state index in [9.17, 15) is 10.1 Å². The molecular weight excluding hydrogens is 501 g/mol. The average Bonchev–Trinajstić information content (AvgIpc) is 3.45. The number of thiazole rings is 1. The SMILES string of the molecule is N#CC(=Cc1ccc(-c2ccc(Cl)cc2)o1)C(=O)Nc1ncc(Cc2cccc(Cl)c2Cl)s1. The molecule has 0 atom stereocenters. The van der Waals surface area contributed by atoms with Gasteiger partial charge in [-0.05, 0) is 48.0 Å². The summed E-state index contributed by atoms with van der Waals surface area (Å²) in [5.74, 6) is 0.394. The molecular formula is C24H14Cl3N3O2S. The van der Waals surface area contributed by atoms with Crippen molar-refractivity contribution in [3.63, 3.8) is 0 Å². The van der Waals surface area contributed by atoms with Gasteiger partial charge in [0.1, 0.15) is 23.2 Å². The number of carbonyl (C=O) groups excluding carboxylic acids is 1. The van der Waals surface area contributed by atoms with Crippen LogP contribution in [-0.2, 0) is 11.2 Å². The van der Waals surface area contributed by atoms with Crippen molar-refractivity contribution in [1.82, 2.24) is 4.98 Å². The number of furan rings is 1. The smallest absolute Gasteiger partial charge is 0.268 e. The average molecular weight is 515 g/mol. The summed E-state index contributed by atoms with van der Waals surface area (Å²) in [5, 5.41) is 14.1. The highest BCUT2D eigenvalue weighted by atomic mass is 35.5. The first kappa shape index (κ1) is 23.1. The number of nitrogens with one attached hydrogen (secondary N) is 1. The summed E-state index contributed by atoms with van der Waals surface area (Å²) in [6.45, 7) is 0. The quantitative estimate of drug-likeness (QED) is 0.213. The number of aromatic nitrogens is 1. The van der Waals surface area contributed by atoms with E-state index in [1.165, 1.54) is 17.4 Å². The first-order chi connectivity index (χ1) is 15.9. The first-order valence-corrected chi connectivity index (χ1v) is 11.5. The van der Waals surface area contributed by atoms with Crippen LogP contribution in [-0.4, -0.2) is 10.9 Å². The van der Waals surface area contributed by atoms with Crippen LogP contribution in [0.5, 0.6) is 0 Å². The number of rotatable bonds is 6. The normalized spacial score (nSPS) is 11.3. The fraction of sp³-hybridized carbons (Fsp3) is 0.0417. The maximum absolute atomic E-state index is 12.6. The molecule has 0 aliphatic heterocycles. The number of amides is 1. The van der Waals surface area contributed by atoms with Crippen LogP contribution in [0, 0.1) is 11.3 Å². The number of nitrogens with zero attached hydrogens (tertiary/aromatic N) is 2. The van der Waals surface area contributed by atoms with Crippen LogP contribution < -0.4 is 5.32 Å². The molecule has 0 aliphatic carbocycles. The van der Waals surface area contributed by atoms with Gasteiger partial charge in [0.25, 0.3) is 5.91 Å². The van der Waals surface area contributed by atoms with Crippen molar-refractivity contribution < 1.29 is 9.21 Å². The van der Waals surface area contributed by atoms with Gasteiger partial charge in [-0.25, -0.2) is 4.98 Å². The van der Waals surface area contributed by atoms with Crippen LogP contribution >= 0.6 is 46.1 Å². The Morgan fingerprint density at radius 1 is 1.12 bits per heavy atom. The zero-order valence-electron chi connectivity index (χ0n) is 16.8. The second-order valence-corrected chi connectivity index (χ2v) is 9.19. The highest BCUT2D eigenvalue weighted by Gasteiger charge is 2.14. The van der Waals surface area contributed by atoms with Gasteiger partial charge >= 0.3 is 0 Å². The molecule has 2 aromatic heterocycles. The third-order valence-electron chi connectivity index (χ3n) is 4.58. The third kappa shape index (κ3) is 5.65. The Hall–Kier alpha value is -3.08. The number of benzene rings is 2. The van der Waals surface area contributed by atoms with Crippen molar-refractivity contribution in [2.45, 2.75) is 6.42 Å². The van der Waals surface area contributed by atoms with Gasteiger partial charge in [0.15, 0.2) is 5.13 Å². The lowest BCUT2D eigenvalue weighted by Gasteiger charge is -2.03. The summed E-state index contributed by atoms with van der Waals surface area (Å²) in [6.07, 6.45) is 3.56. The number of hydrogen-bond donors (Lipinski definition) is 1. The number of halogens is 3. The Kier molecular flexibility index (Phi) is 7.17. The van der Waals surface area contributed by atoms with E-state index in [0.717, 1.165) is 16.0 Å². The zero-order valence-corrected chi connectivity index (χ0v) is 19.9. The summed E-state index contributed by atoms with van der Waals surface area (Å²) >= 11 is 19.5. The van der Waals surface area contributed by atoms with Crippen LogP contribution in [0.4, 0.5) is 5.13 Å². The lowest BCUT2D eigenvalue weighted by Crippen LogP contribution is -2.13. The summed E-state index contributed by atoms with van der Waals surface area (Å²) < 4.78 is 5.75. The second kappa shape index (κ2) is 10.2. The summed E-state index contributed by atoms with van der Waals surface area (Å²) in [5.41, 5.74) is 1.58. The van der Waals surface area contributed by atoms with Gasteiger partial charge in [0.05, 0.1) is 10.0 Å². The van der Waals surface area contributed by atoms with Gasteiger partial charge < -0.3 is 4.42 Å². The van der Waals surface area contributed by atoms with Gasteiger partial charge in [0.2, 0.25) is 0 Å². The predicted molar refractivity (Wildman–Crippen MR) is 133 cm³/mol. The molecule has 0 fully saturated rings. The summed E-state index contributed by atoms with van der Waals surface area (Å²) in [4.78, 5) is 17.7. The van der Waals surface area contributed by atoms with E-state index in [2.05, 4.69) is 10.3 Å². The Labute approximate surface area is 208 Å². The molecule has 0 radical (unpaired) electrons. The van der Waals surface area contributed by atoms with E-state index in [0.29, 0.717) is 38.1 Å². The number of hydrogen-bond acceptors (Lipinski definition) is 5. The lowest BCUT2D eigenvalue weighted by atomic mass is 10.1. The molecule has 0 bridgehead atoms. The molecule has 2 aromatic carbocycles. The Morgan fingerprint density at radius 3 is 2.67 bits per heavy atom. The van der Waals surface area contributed by atoms with Crippen molar-refractivity contribution in [2.75, 3.05) is 5.32 Å². The number of nitriles is 1. The van der Waals surface area contributed by atoms with Crippen molar-refractivity contribution in [3.05, 3.63) is 97.6 Å². The summed E-state index contributed by atoms with van der Waals surface area (Å²) in [7, 11) is 0. The van der Waals surface area contributed by atoms with E-state index in [1.807, 2.05) is 30.3 Å². The molecule has 9 heteroatoms. The topological polar surface area (TPSA) is 78.9 Å². The molecule has 1 N–H and O–H groups in total. The molecule has 0 unspecified atom stereocenters. The minimum atomic E-state index is -0.580. The van der Waals surface area contributed by atoms with Gasteiger partial charge in [-0.2, -0.15) is 5.26 Å². The summed E-state index contributed by atoms with van der Waals surface area (Å²) in [6, 6.07) is 17.9. The van der Waals surface area contributed by atoms with E-state index in [4.69, 9.17) is 39.2 Å². The van der Waals surface area contributed by atoms with Crippen molar-refractivity contribution >= 4 is 63.3 Å². The lowest BCUT2D eigenvalue weighted by molar-refractivity contribution is -0.112.